The number of rotatable bonds is 3. The first-order valence-electron chi connectivity index (χ1n) is 7.38. The summed E-state index contributed by atoms with van der Waals surface area (Å²) in [6, 6.07) is 8.94. The summed E-state index contributed by atoms with van der Waals surface area (Å²) in [6.07, 6.45) is 12.5. The summed E-state index contributed by atoms with van der Waals surface area (Å²) in [5.41, 5.74) is 2.17. The number of anilines is 1. The summed E-state index contributed by atoms with van der Waals surface area (Å²) in [5, 5.41) is 0. The van der Waals surface area contributed by atoms with Crippen LogP contribution >= 0.6 is 0 Å². The molecule has 0 N–H and O–H groups in total. The molecule has 1 aromatic carbocycles. The van der Waals surface area contributed by atoms with E-state index in [1.807, 2.05) is 12.1 Å². The summed E-state index contributed by atoms with van der Waals surface area (Å²) in [6.45, 7) is 4.96. The molecule has 3 rings (SSSR count). The third kappa shape index (κ3) is 2.77. The van der Waals surface area contributed by atoms with E-state index in [0.29, 0.717) is 6.04 Å². The number of nitrogens with zero attached hydrogens (tertiary/aromatic N) is 2. The topological polar surface area (TPSA) is 6.48 Å². The lowest BCUT2D eigenvalue weighted by atomic mass is 10.1. The first-order chi connectivity index (χ1) is 9.36. The molecule has 2 saturated heterocycles. The lowest BCUT2D eigenvalue weighted by Gasteiger charge is -2.30. The Bertz CT molecular complexity index is 451. The monoisotopic (exact) mass is 253 g/mol. The Hall–Kier alpha value is -1.46. The van der Waals surface area contributed by atoms with Crippen molar-refractivity contribution in [2.45, 2.75) is 31.7 Å². The van der Waals surface area contributed by atoms with E-state index in [1.54, 1.807) is 0 Å². The van der Waals surface area contributed by atoms with Gasteiger partial charge < -0.3 is 9.80 Å². The molecule has 19 heavy (non-hydrogen) atoms. The van der Waals surface area contributed by atoms with Crippen LogP contribution in [0, 0.1) is 12.3 Å². The first kappa shape index (κ1) is 12.6. The Balaban J connectivity index is 1.69. The Labute approximate surface area is 116 Å². The molecule has 1 atom stereocenters. The zero-order chi connectivity index (χ0) is 13.1. The highest BCUT2D eigenvalue weighted by Crippen LogP contribution is 2.27. The van der Waals surface area contributed by atoms with Gasteiger partial charge >= 0.3 is 0 Å². The largest absolute Gasteiger partial charge is 0.367 e. The minimum absolute atomic E-state index is 0.674. The highest BCUT2D eigenvalue weighted by Gasteiger charge is 2.27. The fraction of sp³-hybridized carbons (Fsp3) is 0.529. The van der Waals surface area contributed by atoms with E-state index in [1.165, 1.54) is 57.5 Å². The van der Waals surface area contributed by atoms with Crippen molar-refractivity contribution < 1.29 is 0 Å². The summed E-state index contributed by atoms with van der Waals surface area (Å²) >= 11 is 0. The normalized spacial score (nSPS) is 23.7. The quantitative estimate of drug-likeness (QED) is 0.764. The maximum Gasteiger partial charge on any atom is 0.0417 e. The second-order valence-electron chi connectivity index (χ2n) is 5.67. The first-order valence-corrected chi connectivity index (χ1v) is 7.38. The minimum atomic E-state index is 0.674. The Morgan fingerprint density at radius 3 is 2.47 bits per heavy atom. The van der Waals surface area contributed by atoms with Crippen molar-refractivity contribution in [3.8, 4) is 5.92 Å². The maximum atomic E-state index is 7.14. The number of hydrogen-bond donors (Lipinski definition) is 0. The smallest absolute Gasteiger partial charge is 0.0417 e. The molecule has 2 heterocycles. The van der Waals surface area contributed by atoms with E-state index in [2.05, 4.69) is 27.9 Å². The molecule has 0 amide bonds. The van der Waals surface area contributed by atoms with Crippen LogP contribution in [-0.2, 0) is 0 Å². The van der Waals surface area contributed by atoms with Crippen molar-refractivity contribution in [2.75, 3.05) is 31.1 Å². The summed E-state index contributed by atoms with van der Waals surface area (Å²) in [5.74, 6) is 2.44. The highest BCUT2D eigenvalue weighted by molar-refractivity contribution is 5.51. The van der Waals surface area contributed by atoms with E-state index >= 15 is 0 Å². The van der Waals surface area contributed by atoms with Crippen molar-refractivity contribution in [1.82, 2.24) is 4.90 Å². The molecule has 2 fully saturated rings. The van der Waals surface area contributed by atoms with E-state index in [0.717, 1.165) is 5.56 Å². The van der Waals surface area contributed by atoms with E-state index < -0.39 is 0 Å². The van der Waals surface area contributed by atoms with Gasteiger partial charge in [-0.15, -0.1) is 0 Å². The van der Waals surface area contributed by atoms with Crippen LogP contribution in [0.1, 0.15) is 31.2 Å². The Kier molecular flexibility index (Phi) is 3.75. The number of benzene rings is 1. The van der Waals surface area contributed by atoms with Gasteiger partial charge in [0.15, 0.2) is 0 Å². The molecule has 0 aromatic heterocycles. The maximum absolute atomic E-state index is 7.14. The minimum Gasteiger partial charge on any atom is -0.367 e. The van der Waals surface area contributed by atoms with Crippen molar-refractivity contribution in [3.63, 3.8) is 0 Å². The van der Waals surface area contributed by atoms with Gasteiger partial charge in [0.2, 0.25) is 0 Å². The van der Waals surface area contributed by atoms with E-state index in [9.17, 15) is 0 Å². The van der Waals surface area contributed by atoms with Gasteiger partial charge in [-0.25, -0.2) is 0 Å². The molecule has 0 bridgehead atoms. The lowest BCUT2D eigenvalue weighted by molar-refractivity contribution is 0.314. The molecule has 0 spiro atoms. The molecule has 2 aliphatic rings. The lowest BCUT2D eigenvalue weighted by Crippen LogP contribution is -2.39. The van der Waals surface area contributed by atoms with Crippen LogP contribution in [0.5, 0.6) is 0 Å². The van der Waals surface area contributed by atoms with Crippen LogP contribution in [0.2, 0.25) is 0 Å². The average molecular weight is 253 g/mol. The van der Waals surface area contributed by atoms with Crippen LogP contribution in [-0.4, -0.2) is 37.1 Å². The van der Waals surface area contributed by atoms with Gasteiger partial charge in [-0.05, 0) is 69.5 Å². The fourth-order valence-corrected chi connectivity index (χ4v) is 3.36. The molecule has 2 nitrogen and oxygen atoms in total. The average Bonchev–Trinajstić information content (AvgIpc) is 3.11. The second kappa shape index (κ2) is 5.67. The molecular formula is C17H21N2. The third-order valence-electron chi connectivity index (χ3n) is 4.39. The van der Waals surface area contributed by atoms with Crippen molar-refractivity contribution >= 4 is 5.69 Å². The van der Waals surface area contributed by atoms with Crippen molar-refractivity contribution in [2.24, 2.45) is 0 Å². The second-order valence-corrected chi connectivity index (χ2v) is 5.67. The fourth-order valence-electron chi connectivity index (χ4n) is 3.36. The van der Waals surface area contributed by atoms with Gasteiger partial charge in [0, 0.05) is 30.4 Å². The number of hydrogen-bond acceptors (Lipinski definition) is 2. The van der Waals surface area contributed by atoms with Crippen molar-refractivity contribution in [3.05, 3.63) is 36.3 Å². The summed E-state index contributed by atoms with van der Waals surface area (Å²) in [7, 11) is 0. The van der Waals surface area contributed by atoms with Crippen LogP contribution in [0.4, 0.5) is 5.69 Å². The Morgan fingerprint density at radius 2 is 1.79 bits per heavy atom. The SMILES string of the molecule is [C]#Cc1ccc(N2CCC[C@H]2CN2CCCC2)cc1. The van der Waals surface area contributed by atoms with Gasteiger partial charge in [-0.2, -0.15) is 0 Å². The molecule has 2 heteroatoms. The van der Waals surface area contributed by atoms with Crippen LogP contribution < -0.4 is 4.90 Å². The molecule has 0 aliphatic carbocycles. The molecule has 1 aromatic rings. The van der Waals surface area contributed by atoms with Crippen LogP contribution in [0.15, 0.2) is 24.3 Å². The highest BCUT2D eigenvalue weighted by atomic mass is 15.2. The molecule has 99 valence electrons. The third-order valence-corrected chi connectivity index (χ3v) is 4.39. The molecular weight excluding hydrogens is 232 g/mol. The van der Waals surface area contributed by atoms with E-state index in [-0.39, 0.29) is 0 Å². The molecule has 2 aliphatic heterocycles. The summed E-state index contributed by atoms with van der Waals surface area (Å²) < 4.78 is 0. The van der Waals surface area contributed by atoms with E-state index in [4.69, 9.17) is 6.42 Å². The van der Waals surface area contributed by atoms with Gasteiger partial charge in [-0.3, -0.25) is 0 Å². The predicted octanol–water partition coefficient (Wildman–Crippen LogP) is 2.69. The molecule has 0 unspecified atom stereocenters. The predicted molar refractivity (Wildman–Crippen MR) is 78.7 cm³/mol. The van der Waals surface area contributed by atoms with Gasteiger partial charge in [0.1, 0.15) is 0 Å². The van der Waals surface area contributed by atoms with Crippen molar-refractivity contribution in [1.29, 1.82) is 0 Å². The summed E-state index contributed by atoms with van der Waals surface area (Å²) in [4.78, 5) is 5.16. The zero-order valence-corrected chi connectivity index (χ0v) is 11.4. The molecule has 0 saturated carbocycles. The number of likely N-dealkylation sites (tertiary alicyclic amines) is 1. The zero-order valence-electron chi connectivity index (χ0n) is 11.4. The van der Waals surface area contributed by atoms with Gasteiger partial charge in [0.05, 0.1) is 0 Å². The van der Waals surface area contributed by atoms with Crippen LogP contribution in [0.25, 0.3) is 0 Å². The van der Waals surface area contributed by atoms with Gasteiger partial charge in [-0.1, -0.05) is 5.92 Å². The standard InChI is InChI=1S/C17H21N2/c1-2-15-7-9-16(10-8-15)19-13-5-6-17(19)14-18-11-3-4-12-18/h7-10,17H,3-6,11-14H2/t17-/m0/s1. The Morgan fingerprint density at radius 1 is 1.05 bits per heavy atom. The van der Waals surface area contributed by atoms with Gasteiger partial charge in [0.25, 0.3) is 0 Å². The molecule has 1 radical (unpaired) electrons. The van der Waals surface area contributed by atoms with Crippen LogP contribution in [0.3, 0.4) is 0 Å².